The molecular formula is C19H32N4O2S. The molecule has 2 heterocycles. The summed E-state index contributed by atoms with van der Waals surface area (Å²) in [6.07, 6.45) is 16.2. The highest BCUT2D eigenvalue weighted by molar-refractivity contribution is 7.02. The molecule has 2 N–H and O–H groups in total. The van der Waals surface area contributed by atoms with Crippen molar-refractivity contribution in [2.24, 2.45) is 0 Å². The molecule has 1 aromatic rings. The number of nitrogens with one attached hydrogen (secondary N) is 2. The molecule has 0 radical (unpaired) electrons. The van der Waals surface area contributed by atoms with E-state index >= 15 is 0 Å². The first-order chi connectivity index (χ1) is 12.8. The Labute approximate surface area is 160 Å². The first-order valence-corrected chi connectivity index (χ1v) is 10.8. The Kier molecular flexibility index (Phi) is 10.1. The highest BCUT2D eigenvalue weighted by Gasteiger charge is 2.08. The zero-order valence-electron chi connectivity index (χ0n) is 15.7. The Morgan fingerprint density at radius 2 is 1.50 bits per heavy atom. The number of hydrogen-bond donors (Lipinski definition) is 2. The molecule has 1 aliphatic heterocycles. The Hall–Kier alpha value is -1.63. The molecule has 2 rings (SSSR count). The molecule has 2 amide bonds. The highest BCUT2D eigenvalue weighted by Crippen LogP contribution is 2.09. The minimum Gasteiger partial charge on any atom is -0.338 e. The summed E-state index contributed by atoms with van der Waals surface area (Å²) in [5, 5.41) is 5.78. The number of aromatic nitrogens is 2. The number of rotatable bonds is 0. The quantitative estimate of drug-likeness (QED) is 0.675. The Morgan fingerprint density at radius 1 is 0.846 bits per heavy atom. The van der Waals surface area contributed by atoms with E-state index in [9.17, 15) is 9.59 Å². The van der Waals surface area contributed by atoms with E-state index in [-0.39, 0.29) is 10.9 Å². The van der Waals surface area contributed by atoms with Crippen LogP contribution in [0.5, 0.6) is 0 Å². The molecule has 146 valence electrons. The lowest BCUT2D eigenvalue weighted by Gasteiger charge is -2.08. The van der Waals surface area contributed by atoms with Crippen molar-refractivity contribution < 1.29 is 4.79 Å². The van der Waals surface area contributed by atoms with Crippen LogP contribution in [-0.2, 0) is 13.0 Å². The van der Waals surface area contributed by atoms with Crippen molar-refractivity contribution in [3.05, 3.63) is 27.6 Å². The summed E-state index contributed by atoms with van der Waals surface area (Å²) in [6, 6.07) is -0.0958. The summed E-state index contributed by atoms with van der Waals surface area (Å²) in [5.74, 6) is 0.927. The van der Waals surface area contributed by atoms with Crippen molar-refractivity contribution in [1.82, 2.24) is 19.6 Å². The number of nitrogens with zero attached hydrogens (tertiary/aromatic N) is 2. The van der Waals surface area contributed by atoms with Crippen LogP contribution >= 0.6 is 11.5 Å². The van der Waals surface area contributed by atoms with Crippen LogP contribution in [0.25, 0.3) is 0 Å². The maximum Gasteiger partial charge on any atom is 0.326 e. The summed E-state index contributed by atoms with van der Waals surface area (Å²) in [6.45, 7) is 2.05. The second kappa shape index (κ2) is 12.7. The molecule has 0 aromatic carbocycles. The van der Waals surface area contributed by atoms with E-state index in [4.69, 9.17) is 0 Å². The predicted octanol–water partition coefficient (Wildman–Crippen LogP) is 3.62. The Morgan fingerprint density at radius 3 is 2.27 bits per heavy atom. The zero-order chi connectivity index (χ0) is 18.5. The van der Waals surface area contributed by atoms with Gasteiger partial charge in [0.05, 0.1) is 0 Å². The van der Waals surface area contributed by atoms with Gasteiger partial charge in [0.15, 0.2) is 0 Å². The van der Waals surface area contributed by atoms with Gasteiger partial charge in [-0.3, -0.25) is 9.36 Å². The van der Waals surface area contributed by atoms with Crippen molar-refractivity contribution in [3.8, 4) is 0 Å². The molecule has 0 bridgehead atoms. The van der Waals surface area contributed by atoms with Crippen LogP contribution in [0.1, 0.15) is 70.0 Å². The molecule has 1 aromatic heterocycles. The largest absolute Gasteiger partial charge is 0.338 e. The van der Waals surface area contributed by atoms with Gasteiger partial charge in [0.25, 0.3) is 0 Å². The summed E-state index contributed by atoms with van der Waals surface area (Å²) in [7, 11) is 0. The van der Waals surface area contributed by atoms with Crippen LogP contribution < -0.4 is 15.5 Å². The molecule has 0 spiro atoms. The smallest absolute Gasteiger partial charge is 0.326 e. The standard InChI is InChI=1S/C19H32N4O2S/c24-18-20-14-10-8-6-4-2-1-3-5-7-9-13-17-22-26-19(25)23(17)16-12-11-15-21-18/h2,4H,1,3,5-16H2,(H2,20,21,24)/b4-2-. The second-order valence-electron chi connectivity index (χ2n) is 6.83. The van der Waals surface area contributed by atoms with Gasteiger partial charge < -0.3 is 10.6 Å². The van der Waals surface area contributed by atoms with Crippen molar-refractivity contribution in [3.63, 3.8) is 0 Å². The number of aryl methyl sites for hydroxylation is 1. The molecule has 1 aliphatic rings. The van der Waals surface area contributed by atoms with Gasteiger partial charge in [0, 0.05) is 37.6 Å². The molecule has 0 fully saturated rings. The van der Waals surface area contributed by atoms with Gasteiger partial charge in [0.1, 0.15) is 5.82 Å². The van der Waals surface area contributed by atoms with E-state index < -0.39 is 0 Å². The van der Waals surface area contributed by atoms with Crippen LogP contribution in [-0.4, -0.2) is 28.1 Å². The lowest BCUT2D eigenvalue weighted by Crippen LogP contribution is -2.36. The maximum absolute atomic E-state index is 12.0. The number of allylic oxidation sites excluding steroid dienone is 2. The van der Waals surface area contributed by atoms with Gasteiger partial charge in [-0.1, -0.05) is 25.0 Å². The second-order valence-corrected chi connectivity index (χ2v) is 7.54. The topological polar surface area (TPSA) is 76.0 Å². The number of carbonyl (C=O) groups excluding carboxylic acids is 1. The average molecular weight is 381 g/mol. The minimum absolute atomic E-state index is 0.0363. The Bertz CT molecular complexity index is 609. The molecule has 0 atom stereocenters. The molecule has 6 nitrogen and oxygen atoms in total. The summed E-state index contributed by atoms with van der Waals surface area (Å²) >= 11 is 1.06. The lowest BCUT2D eigenvalue weighted by molar-refractivity contribution is 0.240. The number of hydrogen-bond acceptors (Lipinski definition) is 4. The fourth-order valence-electron chi connectivity index (χ4n) is 3.08. The van der Waals surface area contributed by atoms with Gasteiger partial charge in [-0.05, 0) is 51.4 Å². The number of urea groups is 1. The molecule has 0 saturated heterocycles. The zero-order valence-corrected chi connectivity index (χ0v) is 16.5. The van der Waals surface area contributed by atoms with E-state index in [1.54, 1.807) is 0 Å². The van der Waals surface area contributed by atoms with Crippen molar-refractivity contribution >= 4 is 17.6 Å². The Balaban J connectivity index is 1.82. The third kappa shape index (κ3) is 8.17. The van der Waals surface area contributed by atoms with Crippen molar-refractivity contribution in [2.45, 2.75) is 77.2 Å². The summed E-state index contributed by atoms with van der Waals surface area (Å²) in [4.78, 5) is 23.7. The fraction of sp³-hybridized carbons (Fsp3) is 0.737. The van der Waals surface area contributed by atoms with Crippen molar-refractivity contribution in [1.29, 1.82) is 0 Å². The van der Waals surface area contributed by atoms with Gasteiger partial charge in [-0.15, -0.1) is 0 Å². The number of amides is 2. The molecule has 26 heavy (non-hydrogen) atoms. The minimum atomic E-state index is -0.0958. The normalized spacial score (nSPS) is 20.8. The average Bonchev–Trinajstić information content (AvgIpc) is 2.98. The summed E-state index contributed by atoms with van der Waals surface area (Å²) < 4.78 is 6.15. The first kappa shape index (κ1) is 20.7. The molecule has 0 saturated carbocycles. The number of carbonyl (C=O) groups is 1. The predicted molar refractivity (Wildman–Crippen MR) is 107 cm³/mol. The molecule has 7 heteroatoms. The van der Waals surface area contributed by atoms with Crippen LogP contribution in [0.4, 0.5) is 4.79 Å². The molecule has 0 unspecified atom stereocenters. The monoisotopic (exact) mass is 380 g/mol. The highest BCUT2D eigenvalue weighted by atomic mass is 32.1. The van der Waals surface area contributed by atoms with Crippen LogP contribution in [0.15, 0.2) is 16.9 Å². The van der Waals surface area contributed by atoms with E-state index in [0.717, 1.165) is 75.3 Å². The summed E-state index contributed by atoms with van der Waals surface area (Å²) in [5.41, 5.74) is 0. The SMILES string of the molecule is O=C1NCCCC/C=C\CCCCCCc2nsc(=O)n2CCCCN1. The number of fused-ring (bicyclic) bond motifs is 1. The van der Waals surface area contributed by atoms with E-state index in [2.05, 4.69) is 27.2 Å². The lowest BCUT2D eigenvalue weighted by atomic mass is 10.1. The van der Waals surface area contributed by atoms with Gasteiger partial charge in [-0.25, -0.2) is 4.79 Å². The maximum atomic E-state index is 12.0. The molecule has 0 aliphatic carbocycles. The van der Waals surface area contributed by atoms with E-state index in [0.29, 0.717) is 13.1 Å². The van der Waals surface area contributed by atoms with Crippen LogP contribution in [0.3, 0.4) is 0 Å². The molecular weight excluding hydrogens is 348 g/mol. The third-order valence-corrected chi connectivity index (χ3v) is 5.30. The van der Waals surface area contributed by atoms with Crippen molar-refractivity contribution in [2.75, 3.05) is 13.1 Å². The van der Waals surface area contributed by atoms with Gasteiger partial charge >= 0.3 is 10.9 Å². The first-order valence-electron chi connectivity index (χ1n) is 9.99. The van der Waals surface area contributed by atoms with E-state index in [1.165, 1.54) is 19.3 Å². The third-order valence-electron chi connectivity index (χ3n) is 4.63. The van der Waals surface area contributed by atoms with Gasteiger partial charge in [-0.2, -0.15) is 4.37 Å². The van der Waals surface area contributed by atoms with Crippen LogP contribution in [0, 0.1) is 0 Å². The van der Waals surface area contributed by atoms with Gasteiger partial charge in [0.2, 0.25) is 0 Å². The van der Waals surface area contributed by atoms with E-state index in [1.807, 2.05) is 4.57 Å². The fourth-order valence-corrected chi connectivity index (χ4v) is 3.75. The van der Waals surface area contributed by atoms with Crippen LogP contribution in [0.2, 0.25) is 0 Å².